The number of hydrogen-bond donors (Lipinski definition) is 0. The summed E-state index contributed by atoms with van der Waals surface area (Å²) in [6.45, 7) is 15.7. The molecule has 150 valence electrons. The Morgan fingerprint density at radius 2 is 1.50 bits per heavy atom. The Kier molecular flexibility index (Phi) is 6.55. The quantitative estimate of drug-likeness (QED) is 0.770. The van der Waals surface area contributed by atoms with Gasteiger partial charge in [-0.2, -0.15) is 0 Å². The van der Waals surface area contributed by atoms with Crippen molar-refractivity contribution in [2.75, 3.05) is 33.3 Å². The highest BCUT2D eigenvalue weighted by Gasteiger charge is 2.40. The predicted octanol–water partition coefficient (Wildman–Crippen LogP) is 2.98. The topological polar surface area (TPSA) is 49.9 Å². The molecule has 0 aromatic rings. The van der Waals surface area contributed by atoms with Crippen LogP contribution in [0.15, 0.2) is 0 Å². The second-order valence-corrected chi connectivity index (χ2v) is 10.1. The van der Waals surface area contributed by atoms with E-state index in [0.29, 0.717) is 13.1 Å². The fraction of sp³-hybridized carbons (Fsp3) is 0.905. The average molecular weight is 367 g/mol. The molecule has 0 N–H and O–H groups in total. The van der Waals surface area contributed by atoms with Crippen LogP contribution >= 0.6 is 0 Å². The summed E-state index contributed by atoms with van der Waals surface area (Å²) >= 11 is 0. The van der Waals surface area contributed by atoms with Gasteiger partial charge in [0, 0.05) is 43.0 Å². The van der Waals surface area contributed by atoms with Gasteiger partial charge in [0.25, 0.3) is 0 Å². The van der Waals surface area contributed by atoms with Crippen molar-refractivity contribution in [3.8, 4) is 0 Å². The van der Waals surface area contributed by atoms with E-state index in [9.17, 15) is 9.59 Å². The van der Waals surface area contributed by atoms with Crippen LogP contribution in [0.5, 0.6) is 0 Å². The Balaban J connectivity index is 2.02. The first-order chi connectivity index (χ1) is 11.9. The molecule has 5 heteroatoms. The van der Waals surface area contributed by atoms with Crippen LogP contribution in [-0.2, 0) is 14.3 Å². The van der Waals surface area contributed by atoms with E-state index in [1.54, 1.807) is 7.11 Å². The Morgan fingerprint density at radius 3 is 1.96 bits per heavy atom. The van der Waals surface area contributed by atoms with Gasteiger partial charge in [0.05, 0.1) is 6.10 Å². The van der Waals surface area contributed by atoms with Crippen LogP contribution in [0.25, 0.3) is 0 Å². The van der Waals surface area contributed by atoms with Crippen molar-refractivity contribution in [3.63, 3.8) is 0 Å². The molecule has 0 aromatic heterocycles. The molecule has 0 aromatic carbocycles. The molecular weight excluding hydrogens is 328 g/mol. The number of carbonyl (C=O) groups is 2. The van der Waals surface area contributed by atoms with Gasteiger partial charge in [-0.15, -0.1) is 0 Å². The summed E-state index contributed by atoms with van der Waals surface area (Å²) < 4.78 is 5.56. The smallest absolute Gasteiger partial charge is 0.225 e. The average Bonchev–Trinajstić information content (AvgIpc) is 2.58. The van der Waals surface area contributed by atoms with Crippen LogP contribution in [0.1, 0.15) is 60.8 Å². The Labute approximate surface area is 159 Å². The summed E-state index contributed by atoms with van der Waals surface area (Å²) in [5.74, 6) is 0.411. The number of methoxy groups -OCH3 is 1. The van der Waals surface area contributed by atoms with Crippen molar-refractivity contribution in [1.82, 2.24) is 9.80 Å². The Hall–Kier alpha value is -0.940. The first-order valence-electron chi connectivity index (χ1n) is 10.0. The van der Waals surface area contributed by atoms with Gasteiger partial charge in [-0.25, -0.2) is 0 Å². The van der Waals surface area contributed by atoms with E-state index in [2.05, 4.69) is 25.7 Å². The van der Waals surface area contributed by atoms with E-state index in [4.69, 9.17) is 4.74 Å². The highest BCUT2D eigenvalue weighted by atomic mass is 16.5. The van der Waals surface area contributed by atoms with Crippen molar-refractivity contribution in [3.05, 3.63) is 0 Å². The number of rotatable bonds is 3. The Morgan fingerprint density at radius 1 is 0.923 bits per heavy atom. The van der Waals surface area contributed by atoms with Crippen LogP contribution in [0.2, 0.25) is 0 Å². The number of ether oxygens (including phenoxy) is 1. The molecule has 0 saturated carbocycles. The van der Waals surface area contributed by atoms with E-state index in [-0.39, 0.29) is 40.6 Å². The standard InChI is InChI=1S/C21H38N2O3/c1-20(2,3)18(24)16-12-17(26-7)14-22(13-16)19(25)15-8-10-23(11-9-15)21(4,5)6/h15-17H,8-14H2,1-7H3. The number of carbonyl (C=O) groups excluding carboxylic acids is 2. The molecule has 2 heterocycles. The normalized spacial score (nSPS) is 26.8. The summed E-state index contributed by atoms with van der Waals surface area (Å²) in [6.07, 6.45) is 2.49. The summed E-state index contributed by atoms with van der Waals surface area (Å²) in [6, 6.07) is 0. The Bertz CT molecular complexity index is 510. The van der Waals surface area contributed by atoms with Crippen molar-refractivity contribution in [1.29, 1.82) is 0 Å². The van der Waals surface area contributed by atoms with Crippen LogP contribution in [0.4, 0.5) is 0 Å². The highest BCUT2D eigenvalue weighted by molar-refractivity contribution is 5.87. The molecule has 2 atom stereocenters. The third kappa shape index (κ3) is 5.07. The SMILES string of the molecule is COC1CC(C(=O)C(C)(C)C)CN(C(=O)C2CCN(C(C)(C)C)CC2)C1. The maximum absolute atomic E-state index is 13.1. The van der Waals surface area contributed by atoms with Gasteiger partial charge < -0.3 is 9.64 Å². The fourth-order valence-electron chi connectivity index (χ4n) is 4.26. The van der Waals surface area contributed by atoms with Crippen LogP contribution < -0.4 is 0 Å². The number of Topliss-reactive ketones (excluding diaryl/α,β-unsaturated/α-hetero) is 1. The first kappa shape index (κ1) is 21.4. The molecule has 0 aliphatic carbocycles. The lowest BCUT2D eigenvalue weighted by Gasteiger charge is -2.43. The van der Waals surface area contributed by atoms with Gasteiger partial charge in [-0.1, -0.05) is 20.8 Å². The van der Waals surface area contributed by atoms with Crippen molar-refractivity contribution in [2.24, 2.45) is 17.3 Å². The van der Waals surface area contributed by atoms with Crippen molar-refractivity contribution in [2.45, 2.75) is 72.4 Å². The monoisotopic (exact) mass is 366 g/mol. The lowest BCUT2D eigenvalue weighted by Crippen LogP contribution is -2.54. The van der Waals surface area contributed by atoms with Crippen LogP contribution in [0, 0.1) is 17.3 Å². The number of piperidine rings is 2. The zero-order valence-electron chi connectivity index (χ0n) is 17.8. The third-order valence-corrected chi connectivity index (χ3v) is 5.96. The summed E-state index contributed by atoms with van der Waals surface area (Å²) in [7, 11) is 1.68. The molecule has 2 saturated heterocycles. The van der Waals surface area contributed by atoms with Crippen LogP contribution in [-0.4, -0.2) is 66.4 Å². The first-order valence-corrected chi connectivity index (χ1v) is 10.0. The van der Waals surface area contributed by atoms with Gasteiger partial charge >= 0.3 is 0 Å². The molecule has 2 unspecified atom stereocenters. The predicted molar refractivity (Wildman–Crippen MR) is 104 cm³/mol. The summed E-state index contributed by atoms with van der Waals surface area (Å²) in [5, 5.41) is 0. The van der Waals surface area contributed by atoms with E-state index < -0.39 is 0 Å². The van der Waals surface area contributed by atoms with E-state index in [0.717, 1.165) is 32.4 Å². The minimum Gasteiger partial charge on any atom is -0.380 e. The minimum absolute atomic E-state index is 0.0429. The van der Waals surface area contributed by atoms with Gasteiger partial charge in [0.1, 0.15) is 5.78 Å². The molecule has 2 fully saturated rings. The molecule has 0 bridgehead atoms. The van der Waals surface area contributed by atoms with E-state index >= 15 is 0 Å². The third-order valence-electron chi connectivity index (χ3n) is 5.96. The molecule has 1 amide bonds. The lowest BCUT2D eigenvalue weighted by atomic mass is 9.78. The number of nitrogens with zero attached hydrogens (tertiary/aromatic N) is 2. The van der Waals surface area contributed by atoms with Crippen molar-refractivity contribution < 1.29 is 14.3 Å². The zero-order valence-corrected chi connectivity index (χ0v) is 17.8. The molecule has 2 aliphatic heterocycles. The molecule has 5 nitrogen and oxygen atoms in total. The van der Waals surface area contributed by atoms with Crippen LogP contribution in [0.3, 0.4) is 0 Å². The molecule has 2 aliphatic rings. The number of hydrogen-bond acceptors (Lipinski definition) is 4. The number of ketones is 1. The second-order valence-electron chi connectivity index (χ2n) is 10.1. The van der Waals surface area contributed by atoms with Gasteiger partial charge in [-0.3, -0.25) is 14.5 Å². The second kappa shape index (κ2) is 7.97. The maximum Gasteiger partial charge on any atom is 0.225 e. The van der Waals surface area contributed by atoms with Gasteiger partial charge in [0.2, 0.25) is 5.91 Å². The largest absolute Gasteiger partial charge is 0.380 e. The van der Waals surface area contributed by atoms with Gasteiger partial charge in [0.15, 0.2) is 0 Å². The van der Waals surface area contributed by atoms with E-state index in [1.165, 1.54) is 0 Å². The molecular formula is C21H38N2O3. The number of likely N-dealkylation sites (tertiary alicyclic amines) is 2. The van der Waals surface area contributed by atoms with Crippen molar-refractivity contribution >= 4 is 11.7 Å². The highest BCUT2D eigenvalue weighted by Crippen LogP contribution is 2.30. The molecule has 0 radical (unpaired) electrons. The summed E-state index contributed by atoms with van der Waals surface area (Å²) in [4.78, 5) is 30.3. The molecule has 0 spiro atoms. The minimum atomic E-state index is -0.382. The van der Waals surface area contributed by atoms with Gasteiger partial charge in [-0.05, 0) is 53.1 Å². The number of amides is 1. The molecule has 2 rings (SSSR count). The molecule has 26 heavy (non-hydrogen) atoms. The zero-order chi connectivity index (χ0) is 19.7. The lowest BCUT2D eigenvalue weighted by molar-refractivity contribution is -0.146. The summed E-state index contributed by atoms with van der Waals surface area (Å²) in [5.41, 5.74) is -0.225. The van der Waals surface area contributed by atoms with E-state index in [1.807, 2.05) is 25.7 Å². The fourth-order valence-corrected chi connectivity index (χ4v) is 4.26. The maximum atomic E-state index is 13.1.